The highest BCUT2D eigenvalue weighted by Gasteiger charge is 2.42. The molecule has 0 aromatic heterocycles. The lowest BCUT2D eigenvalue weighted by atomic mass is 9.95. The standard InChI is InChI=1S/C18H24N2O3/c1-13-8-10-20(11-9-13)18(22)17-16(14-6-4-3-5-7-14)19(2)15(21)12-23-17/h3-7,13,16-17H,8-12H2,1-2H3. The number of amides is 2. The Kier molecular flexibility index (Phi) is 4.66. The molecule has 0 aliphatic carbocycles. The van der Waals surface area contributed by atoms with Gasteiger partial charge in [0, 0.05) is 20.1 Å². The molecule has 2 heterocycles. The highest BCUT2D eigenvalue weighted by molar-refractivity contribution is 5.86. The minimum Gasteiger partial charge on any atom is -0.356 e. The van der Waals surface area contributed by atoms with Crippen molar-refractivity contribution >= 4 is 11.8 Å². The van der Waals surface area contributed by atoms with Gasteiger partial charge in [-0.3, -0.25) is 9.59 Å². The quantitative estimate of drug-likeness (QED) is 0.836. The molecule has 3 rings (SSSR count). The summed E-state index contributed by atoms with van der Waals surface area (Å²) in [6.45, 7) is 3.75. The van der Waals surface area contributed by atoms with Crippen LogP contribution in [0, 0.1) is 5.92 Å². The Morgan fingerprint density at radius 1 is 1.17 bits per heavy atom. The molecular weight excluding hydrogens is 292 g/mol. The number of morpholine rings is 1. The molecule has 2 saturated heterocycles. The van der Waals surface area contributed by atoms with Crippen LogP contribution < -0.4 is 0 Å². The summed E-state index contributed by atoms with van der Waals surface area (Å²) in [6, 6.07) is 9.31. The molecule has 2 atom stereocenters. The van der Waals surface area contributed by atoms with E-state index in [-0.39, 0.29) is 24.5 Å². The smallest absolute Gasteiger partial charge is 0.254 e. The Bertz CT molecular complexity index is 567. The molecule has 1 aromatic carbocycles. The fourth-order valence-corrected chi connectivity index (χ4v) is 3.38. The molecule has 0 spiro atoms. The number of nitrogens with zero attached hydrogens (tertiary/aromatic N) is 2. The van der Waals surface area contributed by atoms with E-state index >= 15 is 0 Å². The lowest BCUT2D eigenvalue weighted by Crippen LogP contribution is -2.54. The van der Waals surface area contributed by atoms with Crippen molar-refractivity contribution in [1.29, 1.82) is 0 Å². The fraction of sp³-hybridized carbons (Fsp3) is 0.556. The summed E-state index contributed by atoms with van der Waals surface area (Å²) >= 11 is 0. The Morgan fingerprint density at radius 3 is 2.48 bits per heavy atom. The minimum absolute atomic E-state index is 0.00473. The van der Waals surface area contributed by atoms with E-state index in [9.17, 15) is 9.59 Å². The van der Waals surface area contributed by atoms with Gasteiger partial charge in [-0.15, -0.1) is 0 Å². The van der Waals surface area contributed by atoms with Crippen molar-refractivity contribution in [1.82, 2.24) is 9.80 Å². The van der Waals surface area contributed by atoms with Crippen molar-refractivity contribution in [3.8, 4) is 0 Å². The van der Waals surface area contributed by atoms with Crippen LogP contribution in [0.4, 0.5) is 0 Å². The highest BCUT2D eigenvalue weighted by Crippen LogP contribution is 2.31. The second-order valence-electron chi connectivity index (χ2n) is 6.60. The Labute approximate surface area is 137 Å². The largest absolute Gasteiger partial charge is 0.356 e. The number of hydrogen-bond donors (Lipinski definition) is 0. The van der Waals surface area contributed by atoms with Gasteiger partial charge in [-0.2, -0.15) is 0 Å². The van der Waals surface area contributed by atoms with Crippen LogP contribution >= 0.6 is 0 Å². The first-order chi connectivity index (χ1) is 11.1. The number of hydrogen-bond acceptors (Lipinski definition) is 3. The Hall–Kier alpha value is -1.88. The monoisotopic (exact) mass is 316 g/mol. The lowest BCUT2D eigenvalue weighted by molar-refractivity contribution is -0.168. The summed E-state index contributed by atoms with van der Waals surface area (Å²) in [5.41, 5.74) is 0.937. The van der Waals surface area contributed by atoms with Crippen LogP contribution in [0.2, 0.25) is 0 Å². The predicted molar refractivity (Wildman–Crippen MR) is 86.7 cm³/mol. The van der Waals surface area contributed by atoms with E-state index < -0.39 is 6.10 Å². The van der Waals surface area contributed by atoms with Crippen molar-refractivity contribution in [2.45, 2.75) is 31.9 Å². The van der Waals surface area contributed by atoms with Gasteiger partial charge in [0.05, 0.1) is 6.04 Å². The third-order valence-electron chi connectivity index (χ3n) is 4.96. The summed E-state index contributed by atoms with van der Waals surface area (Å²) in [5.74, 6) is 0.584. The van der Waals surface area contributed by atoms with Crippen LogP contribution in [0.5, 0.6) is 0 Å². The second-order valence-corrected chi connectivity index (χ2v) is 6.60. The normalized spacial score (nSPS) is 26.4. The topological polar surface area (TPSA) is 49.9 Å². The van der Waals surface area contributed by atoms with Crippen LogP contribution in [0.3, 0.4) is 0 Å². The van der Waals surface area contributed by atoms with E-state index in [1.165, 1.54) is 0 Å². The Balaban J connectivity index is 1.83. The van der Waals surface area contributed by atoms with Crippen molar-refractivity contribution in [2.75, 3.05) is 26.7 Å². The molecule has 2 unspecified atom stereocenters. The molecule has 0 bridgehead atoms. The van der Waals surface area contributed by atoms with E-state index in [0.717, 1.165) is 31.5 Å². The molecule has 0 N–H and O–H groups in total. The molecule has 5 heteroatoms. The van der Waals surface area contributed by atoms with Gasteiger partial charge in [-0.1, -0.05) is 37.3 Å². The number of benzene rings is 1. The molecule has 23 heavy (non-hydrogen) atoms. The summed E-state index contributed by atoms with van der Waals surface area (Å²) in [7, 11) is 1.75. The molecule has 0 radical (unpaired) electrons. The number of ether oxygens (including phenoxy) is 1. The van der Waals surface area contributed by atoms with E-state index in [1.807, 2.05) is 35.2 Å². The number of likely N-dealkylation sites (N-methyl/N-ethyl adjacent to an activating group) is 1. The summed E-state index contributed by atoms with van der Waals surface area (Å²) in [5, 5.41) is 0. The molecule has 2 fully saturated rings. The van der Waals surface area contributed by atoms with Gasteiger partial charge in [0.25, 0.3) is 5.91 Å². The second kappa shape index (κ2) is 6.71. The average molecular weight is 316 g/mol. The molecule has 1 aromatic rings. The molecule has 0 saturated carbocycles. The molecule has 2 aliphatic rings. The molecule has 124 valence electrons. The average Bonchev–Trinajstić information content (AvgIpc) is 2.58. The summed E-state index contributed by atoms with van der Waals surface area (Å²) in [4.78, 5) is 28.5. The number of carbonyl (C=O) groups is 2. The van der Waals surface area contributed by atoms with Gasteiger partial charge in [-0.25, -0.2) is 0 Å². The van der Waals surface area contributed by atoms with E-state index in [2.05, 4.69) is 6.92 Å². The summed E-state index contributed by atoms with van der Waals surface area (Å²) < 4.78 is 5.69. The van der Waals surface area contributed by atoms with Gasteiger partial charge in [0.1, 0.15) is 6.61 Å². The van der Waals surface area contributed by atoms with Gasteiger partial charge in [-0.05, 0) is 24.3 Å². The maximum atomic E-state index is 13.0. The molecule has 2 amide bonds. The van der Waals surface area contributed by atoms with Crippen molar-refractivity contribution in [3.05, 3.63) is 35.9 Å². The van der Waals surface area contributed by atoms with Crippen molar-refractivity contribution < 1.29 is 14.3 Å². The highest BCUT2D eigenvalue weighted by atomic mass is 16.5. The predicted octanol–water partition coefficient (Wildman–Crippen LogP) is 1.84. The van der Waals surface area contributed by atoms with Crippen molar-refractivity contribution in [2.24, 2.45) is 5.92 Å². The van der Waals surface area contributed by atoms with Crippen LogP contribution in [0.1, 0.15) is 31.4 Å². The zero-order valence-corrected chi connectivity index (χ0v) is 13.8. The number of carbonyl (C=O) groups excluding carboxylic acids is 2. The van der Waals surface area contributed by atoms with E-state index in [4.69, 9.17) is 4.74 Å². The zero-order valence-electron chi connectivity index (χ0n) is 13.8. The lowest BCUT2D eigenvalue weighted by Gasteiger charge is -2.41. The van der Waals surface area contributed by atoms with Gasteiger partial charge in [0.15, 0.2) is 6.10 Å². The van der Waals surface area contributed by atoms with E-state index in [0.29, 0.717) is 5.92 Å². The minimum atomic E-state index is -0.617. The van der Waals surface area contributed by atoms with Crippen molar-refractivity contribution in [3.63, 3.8) is 0 Å². The fourth-order valence-electron chi connectivity index (χ4n) is 3.38. The first-order valence-electron chi connectivity index (χ1n) is 8.29. The third kappa shape index (κ3) is 3.24. The number of rotatable bonds is 2. The maximum absolute atomic E-state index is 13.0. The molecule has 2 aliphatic heterocycles. The van der Waals surface area contributed by atoms with E-state index in [1.54, 1.807) is 11.9 Å². The van der Waals surface area contributed by atoms with Crippen LogP contribution in [-0.4, -0.2) is 54.5 Å². The SMILES string of the molecule is CC1CCN(C(=O)C2OCC(=O)N(C)C2c2ccccc2)CC1. The summed E-state index contributed by atoms with van der Waals surface area (Å²) in [6.07, 6.45) is 1.44. The van der Waals surface area contributed by atoms with Gasteiger partial charge < -0.3 is 14.5 Å². The first-order valence-corrected chi connectivity index (χ1v) is 8.29. The first kappa shape index (κ1) is 16.0. The number of likely N-dealkylation sites (tertiary alicyclic amines) is 1. The number of piperidine rings is 1. The maximum Gasteiger partial charge on any atom is 0.254 e. The molecular formula is C18H24N2O3. The van der Waals surface area contributed by atoms with Gasteiger partial charge in [0.2, 0.25) is 5.91 Å². The Morgan fingerprint density at radius 2 is 1.83 bits per heavy atom. The van der Waals surface area contributed by atoms with Crippen LogP contribution in [0.15, 0.2) is 30.3 Å². The zero-order chi connectivity index (χ0) is 16.4. The van der Waals surface area contributed by atoms with Crippen LogP contribution in [0.25, 0.3) is 0 Å². The third-order valence-corrected chi connectivity index (χ3v) is 4.96. The molecule has 5 nitrogen and oxygen atoms in total. The van der Waals surface area contributed by atoms with Crippen LogP contribution in [-0.2, 0) is 14.3 Å². The van der Waals surface area contributed by atoms with Gasteiger partial charge >= 0.3 is 0 Å².